The number of hydrogen-bond donors (Lipinski definition) is 3. The molecule has 1 atom stereocenters. The number of carbonyl (C=O) groups excluding carboxylic acids is 1. The number of carbonyl (C=O) groups is 1. The number of phenolic OH excluding ortho intramolecular Hbond substituents is 2. The second kappa shape index (κ2) is 4.63. The van der Waals surface area contributed by atoms with Gasteiger partial charge < -0.3 is 20.2 Å². The first-order chi connectivity index (χ1) is 8.08. The fraction of sp³-hybridized carbons (Fsp3) is 0.417. The molecule has 2 rings (SSSR count). The van der Waals surface area contributed by atoms with Gasteiger partial charge in [0.1, 0.15) is 11.5 Å². The van der Waals surface area contributed by atoms with Gasteiger partial charge in [0.2, 0.25) is 0 Å². The average Bonchev–Trinajstić information content (AvgIpc) is 2.28. The summed E-state index contributed by atoms with van der Waals surface area (Å²) >= 11 is 0. The highest BCUT2D eigenvalue weighted by Crippen LogP contribution is 2.24. The molecule has 0 radical (unpaired) electrons. The summed E-state index contributed by atoms with van der Waals surface area (Å²) in [6.07, 6.45) is 0.962. The van der Waals surface area contributed by atoms with E-state index in [1.165, 1.54) is 17.0 Å². The second-order valence-corrected chi connectivity index (χ2v) is 4.25. The van der Waals surface area contributed by atoms with Crippen molar-refractivity contribution in [3.63, 3.8) is 0 Å². The molecule has 0 bridgehead atoms. The van der Waals surface area contributed by atoms with E-state index in [1.54, 1.807) is 0 Å². The van der Waals surface area contributed by atoms with Gasteiger partial charge in [0.15, 0.2) is 0 Å². The third-order valence-corrected chi connectivity index (χ3v) is 2.90. The monoisotopic (exact) mass is 237 g/mol. The number of aliphatic hydroxyl groups is 1. The maximum atomic E-state index is 12.1. The van der Waals surface area contributed by atoms with Crippen molar-refractivity contribution in [2.75, 3.05) is 13.1 Å². The first-order valence-electron chi connectivity index (χ1n) is 5.57. The Bertz CT molecular complexity index is 433. The van der Waals surface area contributed by atoms with Crippen LogP contribution < -0.4 is 0 Å². The molecule has 1 aliphatic rings. The number of phenols is 2. The lowest BCUT2D eigenvalue weighted by Gasteiger charge is -2.30. The SMILES string of the molecule is O=C(c1ccc(O)cc1O)N1CCC[C@H](O)C1. The van der Waals surface area contributed by atoms with Gasteiger partial charge in [0.25, 0.3) is 5.91 Å². The number of likely N-dealkylation sites (tertiary alicyclic amines) is 1. The van der Waals surface area contributed by atoms with Crippen LogP contribution in [-0.2, 0) is 0 Å². The number of amides is 1. The molecule has 1 saturated heterocycles. The van der Waals surface area contributed by atoms with Gasteiger partial charge in [-0.2, -0.15) is 0 Å². The first-order valence-corrected chi connectivity index (χ1v) is 5.57. The first kappa shape index (κ1) is 11.7. The Morgan fingerprint density at radius 3 is 2.76 bits per heavy atom. The van der Waals surface area contributed by atoms with E-state index in [1.807, 2.05) is 0 Å². The molecular weight excluding hydrogens is 222 g/mol. The summed E-state index contributed by atoms with van der Waals surface area (Å²) in [5.41, 5.74) is 0.150. The lowest BCUT2D eigenvalue weighted by Crippen LogP contribution is -2.42. The molecule has 0 aliphatic carbocycles. The molecule has 1 aromatic carbocycles. The number of aromatic hydroxyl groups is 2. The zero-order chi connectivity index (χ0) is 12.4. The molecule has 0 saturated carbocycles. The molecule has 1 fully saturated rings. The summed E-state index contributed by atoms with van der Waals surface area (Å²) < 4.78 is 0. The van der Waals surface area contributed by atoms with Crippen LogP contribution in [-0.4, -0.2) is 45.3 Å². The van der Waals surface area contributed by atoms with Crippen LogP contribution in [0.3, 0.4) is 0 Å². The highest BCUT2D eigenvalue weighted by atomic mass is 16.3. The van der Waals surface area contributed by atoms with Gasteiger partial charge in [-0.25, -0.2) is 0 Å². The van der Waals surface area contributed by atoms with Crippen molar-refractivity contribution in [2.24, 2.45) is 0 Å². The quantitative estimate of drug-likeness (QED) is 0.671. The van der Waals surface area contributed by atoms with Gasteiger partial charge >= 0.3 is 0 Å². The number of nitrogens with zero attached hydrogens (tertiary/aromatic N) is 1. The average molecular weight is 237 g/mol. The number of aliphatic hydroxyl groups excluding tert-OH is 1. The van der Waals surface area contributed by atoms with E-state index in [0.717, 1.165) is 12.5 Å². The minimum absolute atomic E-state index is 0.0854. The Kier molecular flexibility index (Phi) is 3.19. The fourth-order valence-electron chi connectivity index (χ4n) is 2.01. The molecule has 0 spiro atoms. The summed E-state index contributed by atoms with van der Waals surface area (Å²) in [6.45, 7) is 0.870. The Balaban J connectivity index is 2.18. The van der Waals surface area contributed by atoms with Crippen LogP contribution in [0.2, 0.25) is 0 Å². The second-order valence-electron chi connectivity index (χ2n) is 4.25. The largest absolute Gasteiger partial charge is 0.508 e. The molecule has 3 N–H and O–H groups in total. The predicted molar refractivity (Wildman–Crippen MR) is 60.9 cm³/mol. The Morgan fingerprint density at radius 2 is 2.12 bits per heavy atom. The molecule has 0 unspecified atom stereocenters. The zero-order valence-corrected chi connectivity index (χ0v) is 9.33. The maximum absolute atomic E-state index is 12.1. The molecule has 5 heteroatoms. The number of β-amino-alcohol motifs (C(OH)–C–C–N with tert-alkyl or cyclic N) is 1. The topological polar surface area (TPSA) is 81.0 Å². The van der Waals surface area contributed by atoms with Crippen LogP contribution in [0, 0.1) is 0 Å². The van der Waals surface area contributed by atoms with Crippen molar-refractivity contribution in [3.05, 3.63) is 23.8 Å². The number of benzene rings is 1. The van der Waals surface area contributed by atoms with Gasteiger partial charge in [0, 0.05) is 19.2 Å². The molecule has 0 aromatic heterocycles. The van der Waals surface area contributed by atoms with Crippen LogP contribution in [0.25, 0.3) is 0 Å². The summed E-state index contributed by atoms with van der Waals surface area (Å²) in [5.74, 6) is -0.644. The van der Waals surface area contributed by atoms with E-state index < -0.39 is 6.10 Å². The normalized spacial score (nSPS) is 20.3. The molecule has 1 aromatic rings. The highest BCUT2D eigenvalue weighted by molar-refractivity contribution is 5.97. The van der Waals surface area contributed by atoms with Crippen molar-refractivity contribution in [1.29, 1.82) is 0 Å². The van der Waals surface area contributed by atoms with Crippen LogP contribution >= 0.6 is 0 Å². The van der Waals surface area contributed by atoms with E-state index in [0.29, 0.717) is 19.5 Å². The van der Waals surface area contributed by atoms with Crippen molar-refractivity contribution < 1.29 is 20.1 Å². The molecular formula is C12H15NO4. The van der Waals surface area contributed by atoms with Crippen LogP contribution in [0.5, 0.6) is 11.5 Å². The Morgan fingerprint density at radius 1 is 1.35 bits per heavy atom. The third-order valence-electron chi connectivity index (χ3n) is 2.90. The van der Waals surface area contributed by atoms with Crippen molar-refractivity contribution in [1.82, 2.24) is 4.90 Å². The standard InChI is InChI=1S/C12H15NO4/c14-8-3-4-10(11(16)6-8)12(17)13-5-1-2-9(15)7-13/h3-4,6,9,14-16H,1-2,5,7H2/t9-/m0/s1. The van der Waals surface area contributed by atoms with Crippen molar-refractivity contribution in [3.8, 4) is 11.5 Å². The zero-order valence-electron chi connectivity index (χ0n) is 9.33. The Labute approximate surface area is 98.9 Å². The molecule has 5 nitrogen and oxygen atoms in total. The van der Waals surface area contributed by atoms with Gasteiger partial charge in [-0.1, -0.05) is 0 Å². The van der Waals surface area contributed by atoms with Crippen LogP contribution in [0.15, 0.2) is 18.2 Å². The summed E-state index contributed by atoms with van der Waals surface area (Å²) in [7, 11) is 0. The Hall–Kier alpha value is -1.75. The number of hydrogen-bond acceptors (Lipinski definition) is 4. The van der Waals surface area contributed by atoms with Crippen LogP contribution in [0.1, 0.15) is 23.2 Å². The summed E-state index contributed by atoms with van der Waals surface area (Å²) in [6, 6.07) is 3.87. The smallest absolute Gasteiger partial charge is 0.257 e. The third kappa shape index (κ3) is 2.50. The number of piperidine rings is 1. The maximum Gasteiger partial charge on any atom is 0.257 e. The van der Waals surface area contributed by atoms with Gasteiger partial charge in [-0.3, -0.25) is 4.79 Å². The molecule has 1 amide bonds. The van der Waals surface area contributed by atoms with Gasteiger partial charge in [-0.05, 0) is 25.0 Å². The highest BCUT2D eigenvalue weighted by Gasteiger charge is 2.24. The van der Waals surface area contributed by atoms with Crippen LogP contribution in [0.4, 0.5) is 0 Å². The van der Waals surface area contributed by atoms with E-state index in [4.69, 9.17) is 5.11 Å². The lowest BCUT2D eigenvalue weighted by atomic mass is 10.1. The minimum Gasteiger partial charge on any atom is -0.508 e. The number of rotatable bonds is 1. The molecule has 92 valence electrons. The van der Waals surface area contributed by atoms with Crippen molar-refractivity contribution in [2.45, 2.75) is 18.9 Å². The van der Waals surface area contributed by atoms with Crippen molar-refractivity contribution >= 4 is 5.91 Å². The minimum atomic E-state index is -0.494. The van der Waals surface area contributed by atoms with Gasteiger partial charge in [0.05, 0.1) is 11.7 Å². The van der Waals surface area contributed by atoms with Gasteiger partial charge in [-0.15, -0.1) is 0 Å². The summed E-state index contributed by atoms with van der Waals surface area (Å²) in [5, 5.41) is 28.2. The fourth-order valence-corrected chi connectivity index (χ4v) is 2.01. The molecule has 1 aliphatic heterocycles. The molecule has 17 heavy (non-hydrogen) atoms. The summed E-state index contributed by atoms with van der Waals surface area (Å²) in [4.78, 5) is 13.6. The lowest BCUT2D eigenvalue weighted by molar-refractivity contribution is 0.0471. The van der Waals surface area contributed by atoms with E-state index in [-0.39, 0.29) is 23.0 Å². The van der Waals surface area contributed by atoms with E-state index >= 15 is 0 Å². The predicted octanol–water partition coefficient (Wildman–Crippen LogP) is 0.695. The van der Waals surface area contributed by atoms with E-state index in [2.05, 4.69) is 0 Å². The molecule has 1 heterocycles. The van der Waals surface area contributed by atoms with E-state index in [9.17, 15) is 15.0 Å².